The van der Waals surface area contributed by atoms with Crippen molar-refractivity contribution in [3.63, 3.8) is 0 Å². The smallest absolute Gasteiger partial charge is 0.338 e. The van der Waals surface area contributed by atoms with Crippen molar-refractivity contribution in [3.05, 3.63) is 51.8 Å². The third-order valence-corrected chi connectivity index (χ3v) is 4.99. The Hall–Kier alpha value is -3.44. The summed E-state index contributed by atoms with van der Waals surface area (Å²) in [5, 5.41) is 11.1. The van der Waals surface area contributed by atoms with Crippen LogP contribution < -0.4 is 15.2 Å². The fourth-order valence-corrected chi connectivity index (χ4v) is 3.62. The first kappa shape index (κ1) is 20.3. The molecule has 9 heteroatoms. The largest absolute Gasteiger partial charge is 0.493 e. The number of aromatic nitrogens is 1. The van der Waals surface area contributed by atoms with Gasteiger partial charge in [-0.15, -0.1) is 0 Å². The van der Waals surface area contributed by atoms with Gasteiger partial charge in [0.15, 0.2) is 11.5 Å². The van der Waals surface area contributed by atoms with Crippen molar-refractivity contribution in [3.8, 4) is 17.6 Å². The molecule has 2 aromatic rings. The van der Waals surface area contributed by atoms with Crippen molar-refractivity contribution in [1.82, 2.24) is 4.98 Å². The minimum Gasteiger partial charge on any atom is -0.493 e. The van der Waals surface area contributed by atoms with Gasteiger partial charge in [-0.25, -0.2) is 9.78 Å². The summed E-state index contributed by atoms with van der Waals surface area (Å²) in [4.78, 5) is 16.8. The number of halogens is 1. The highest BCUT2D eigenvalue weighted by atomic mass is 35.5. The Bertz CT molecular complexity index is 1120. The van der Waals surface area contributed by atoms with Crippen LogP contribution in [-0.2, 0) is 14.3 Å². The van der Waals surface area contributed by atoms with Crippen molar-refractivity contribution in [2.24, 2.45) is 5.73 Å². The number of pyridine rings is 1. The number of rotatable bonds is 4. The van der Waals surface area contributed by atoms with Crippen LogP contribution in [0.15, 0.2) is 41.1 Å². The second-order valence-electron chi connectivity index (χ2n) is 6.14. The van der Waals surface area contributed by atoms with E-state index < -0.39 is 11.9 Å². The van der Waals surface area contributed by atoms with Crippen LogP contribution in [0.1, 0.15) is 18.4 Å². The Labute approximate surface area is 172 Å². The molecule has 1 aliphatic rings. The van der Waals surface area contributed by atoms with Crippen LogP contribution in [0, 0.1) is 11.3 Å². The van der Waals surface area contributed by atoms with Gasteiger partial charge in [0.2, 0.25) is 5.88 Å². The van der Waals surface area contributed by atoms with Crippen molar-refractivity contribution in [2.75, 3.05) is 21.3 Å². The maximum atomic E-state index is 12.6. The number of allylic oxidation sites excluding steroid dienone is 2. The number of nitrogens with zero attached hydrogens (tertiary/aromatic N) is 2. The highest BCUT2D eigenvalue weighted by molar-refractivity contribution is 6.31. The normalized spacial score (nSPS) is 16.3. The summed E-state index contributed by atoms with van der Waals surface area (Å²) in [6, 6.07) is 5.46. The fourth-order valence-electron chi connectivity index (χ4n) is 3.36. The zero-order chi connectivity index (χ0) is 21.3. The molecule has 1 atom stereocenters. The number of carbonyl (C=O) groups is 1. The number of methoxy groups -OCH3 is 3. The van der Waals surface area contributed by atoms with Crippen molar-refractivity contribution >= 4 is 28.3 Å². The Kier molecular flexibility index (Phi) is 5.52. The summed E-state index contributed by atoms with van der Waals surface area (Å²) in [5.74, 6) is -0.545. The second-order valence-corrected chi connectivity index (χ2v) is 6.50. The lowest BCUT2D eigenvalue weighted by molar-refractivity contribution is -0.136. The average Bonchev–Trinajstić information content (AvgIpc) is 2.71. The molecule has 0 amide bonds. The van der Waals surface area contributed by atoms with E-state index in [2.05, 4.69) is 4.98 Å². The van der Waals surface area contributed by atoms with Gasteiger partial charge in [-0.1, -0.05) is 11.6 Å². The van der Waals surface area contributed by atoms with Gasteiger partial charge in [0.1, 0.15) is 22.6 Å². The van der Waals surface area contributed by atoms with Gasteiger partial charge in [-0.3, -0.25) is 0 Å². The Morgan fingerprint density at radius 3 is 2.52 bits per heavy atom. The molecule has 1 aromatic carbocycles. The maximum absolute atomic E-state index is 12.6. The number of hydrogen-bond donors (Lipinski definition) is 1. The predicted molar refractivity (Wildman–Crippen MR) is 105 cm³/mol. The van der Waals surface area contributed by atoms with E-state index in [1.54, 1.807) is 25.3 Å². The number of nitriles is 1. The molecule has 29 heavy (non-hydrogen) atoms. The Balaban J connectivity index is 2.42. The highest BCUT2D eigenvalue weighted by Crippen LogP contribution is 2.46. The van der Waals surface area contributed by atoms with Crippen LogP contribution in [0.5, 0.6) is 11.5 Å². The summed E-state index contributed by atoms with van der Waals surface area (Å²) < 4.78 is 21.1. The number of hydrogen-bond acceptors (Lipinski definition) is 8. The standard InChI is InChI=1S/C20H18ClN3O5/c1-9-15(20(25)28-4)16(12(7-22)19(23)29-9)17-11-6-14(27-3)13(26-2)5-10(11)8-24-18(17)21/h5-6,8,16H,23H2,1-4H3/t16-/m0/s1. The number of benzene rings is 1. The zero-order valence-corrected chi connectivity index (χ0v) is 17.0. The molecule has 3 rings (SSSR count). The van der Waals surface area contributed by atoms with E-state index in [9.17, 15) is 10.1 Å². The molecule has 2 N–H and O–H groups in total. The van der Waals surface area contributed by atoms with E-state index in [0.717, 1.165) is 0 Å². The van der Waals surface area contributed by atoms with Crippen LogP contribution in [0.4, 0.5) is 0 Å². The van der Waals surface area contributed by atoms with Crippen molar-refractivity contribution in [2.45, 2.75) is 12.8 Å². The molecular weight excluding hydrogens is 398 g/mol. The molecule has 2 heterocycles. The summed E-state index contributed by atoms with van der Waals surface area (Å²) in [6.07, 6.45) is 1.57. The number of carbonyl (C=O) groups excluding carboxylic acids is 1. The van der Waals surface area contributed by atoms with Crippen LogP contribution in [0.25, 0.3) is 10.8 Å². The van der Waals surface area contributed by atoms with E-state index in [-0.39, 0.29) is 27.9 Å². The van der Waals surface area contributed by atoms with Crippen LogP contribution >= 0.6 is 11.6 Å². The molecule has 150 valence electrons. The molecule has 0 radical (unpaired) electrons. The maximum Gasteiger partial charge on any atom is 0.338 e. The number of fused-ring (bicyclic) bond motifs is 1. The first-order valence-corrected chi connectivity index (χ1v) is 8.82. The second kappa shape index (κ2) is 7.89. The molecule has 0 aliphatic carbocycles. The van der Waals surface area contributed by atoms with E-state index >= 15 is 0 Å². The first-order valence-electron chi connectivity index (χ1n) is 8.44. The van der Waals surface area contributed by atoms with Gasteiger partial charge in [0, 0.05) is 17.1 Å². The SMILES string of the molecule is COC(=O)C1=C(C)OC(N)=C(C#N)[C@@H]1c1c(Cl)ncc2cc(OC)c(OC)cc12. The van der Waals surface area contributed by atoms with E-state index in [1.165, 1.54) is 21.3 Å². The third kappa shape index (κ3) is 3.30. The summed E-state index contributed by atoms with van der Waals surface area (Å²) in [6.45, 7) is 1.57. The van der Waals surface area contributed by atoms with Gasteiger partial charge in [0.25, 0.3) is 0 Å². The van der Waals surface area contributed by atoms with Gasteiger partial charge in [-0.05, 0) is 24.4 Å². The minimum absolute atomic E-state index is 0.0296. The topological polar surface area (TPSA) is 117 Å². The van der Waals surface area contributed by atoms with Gasteiger partial charge in [0.05, 0.1) is 32.8 Å². The molecule has 0 spiro atoms. The molecule has 8 nitrogen and oxygen atoms in total. The molecule has 1 aromatic heterocycles. The lowest BCUT2D eigenvalue weighted by atomic mass is 9.81. The molecule has 0 fully saturated rings. The highest BCUT2D eigenvalue weighted by Gasteiger charge is 2.38. The number of ether oxygens (including phenoxy) is 4. The minimum atomic E-state index is -0.928. The number of esters is 1. The van der Waals surface area contributed by atoms with Gasteiger partial charge >= 0.3 is 5.97 Å². The Morgan fingerprint density at radius 1 is 1.28 bits per heavy atom. The van der Waals surface area contributed by atoms with Crippen LogP contribution in [0.3, 0.4) is 0 Å². The molecule has 0 bridgehead atoms. The van der Waals surface area contributed by atoms with Gasteiger partial charge < -0.3 is 24.7 Å². The summed E-state index contributed by atoms with van der Waals surface area (Å²) in [7, 11) is 4.26. The van der Waals surface area contributed by atoms with Crippen molar-refractivity contribution < 1.29 is 23.7 Å². The van der Waals surface area contributed by atoms with E-state index in [1.807, 2.05) is 6.07 Å². The molecule has 0 saturated carbocycles. The average molecular weight is 416 g/mol. The first-order chi connectivity index (χ1) is 13.9. The monoisotopic (exact) mass is 415 g/mol. The predicted octanol–water partition coefficient (Wildman–Crippen LogP) is 3.16. The molecule has 0 unspecified atom stereocenters. The van der Waals surface area contributed by atoms with Crippen LogP contribution in [0.2, 0.25) is 5.15 Å². The van der Waals surface area contributed by atoms with Crippen molar-refractivity contribution in [1.29, 1.82) is 5.26 Å². The molecule has 1 aliphatic heterocycles. The Morgan fingerprint density at radius 2 is 1.93 bits per heavy atom. The quantitative estimate of drug-likeness (QED) is 0.597. The molecule has 0 saturated heterocycles. The van der Waals surface area contributed by atoms with Gasteiger partial charge in [-0.2, -0.15) is 5.26 Å². The van der Waals surface area contributed by atoms with Crippen LogP contribution in [-0.4, -0.2) is 32.3 Å². The number of nitrogens with two attached hydrogens (primary N) is 1. The lowest BCUT2D eigenvalue weighted by Gasteiger charge is -2.27. The van der Waals surface area contributed by atoms with E-state index in [0.29, 0.717) is 27.8 Å². The third-order valence-electron chi connectivity index (χ3n) is 4.68. The lowest BCUT2D eigenvalue weighted by Crippen LogP contribution is -2.25. The zero-order valence-electron chi connectivity index (χ0n) is 16.2. The summed E-state index contributed by atoms with van der Waals surface area (Å²) in [5.41, 5.74) is 6.50. The fraction of sp³-hybridized carbons (Fsp3) is 0.250. The molecular formula is C20H18ClN3O5. The summed E-state index contributed by atoms with van der Waals surface area (Å²) >= 11 is 6.47. The van der Waals surface area contributed by atoms with E-state index in [4.69, 9.17) is 36.3 Å².